The summed E-state index contributed by atoms with van der Waals surface area (Å²) in [4.78, 5) is 16.9. The van der Waals surface area contributed by atoms with E-state index in [-0.39, 0.29) is 5.91 Å². The lowest BCUT2D eigenvalue weighted by atomic mass is 10.1. The van der Waals surface area contributed by atoms with Gasteiger partial charge in [0.2, 0.25) is 5.89 Å². The largest absolute Gasteiger partial charge is 0.444 e. The number of benzene rings is 2. The molecule has 3 aromatic rings. The molecule has 0 unspecified atom stereocenters. The van der Waals surface area contributed by atoms with Gasteiger partial charge < -0.3 is 4.42 Å². The summed E-state index contributed by atoms with van der Waals surface area (Å²) in [6, 6.07) is 19.8. The second-order valence-corrected chi connectivity index (χ2v) is 7.17. The van der Waals surface area contributed by atoms with E-state index in [0.717, 1.165) is 29.0 Å². The predicted octanol–water partition coefficient (Wildman–Crippen LogP) is 4.21. The normalized spacial score (nSPS) is 13.6. The number of thioether (sulfide) groups is 1. The molecule has 0 radical (unpaired) electrons. The summed E-state index contributed by atoms with van der Waals surface area (Å²) in [5.41, 5.74) is 3.83. The van der Waals surface area contributed by atoms with Gasteiger partial charge in [0.25, 0.3) is 5.91 Å². The molecule has 5 nitrogen and oxygen atoms in total. The Bertz CT molecular complexity index is 938. The lowest BCUT2D eigenvalue weighted by Crippen LogP contribution is -2.25. The molecule has 0 spiro atoms. The van der Waals surface area contributed by atoms with Gasteiger partial charge >= 0.3 is 0 Å². The maximum absolute atomic E-state index is 12.4. The molecule has 4 rings (SSSR count). The van der Waals surface area contributed by atoms with Gasteiger partial charge in [0.05, 0.1) is 23.7 Å². The molecule has 0 saturated heterocycles. The van der Waals surface area contributed by atoms with Crippen molar-refractivity contribution < 1.29 is 9.21 Å². The van der Waals surface area contributed by atoms with Crippen molar-refractivity contribution in [2.45, 2.75) is 12.2 Å². The van der Waals surface area contributed by atoms with Crippen molar-refractivity contribution in [1.29, 1.82) is 0 Å². The van der Waals surface area contributed by atoms with Crippen LogP contribution in [0.4, 0.5) is 0 Å². The van der Waals surface area contributed by atoms with Gasteiger partial charge in [-0.3, -0.25) is 4.79 Å². The van der Waals surface area contributed by atoms with E-state index in [9.17, 15) is 4.79 Å². The molecule has 2 heterocycles. The molecule has 136 valence electrons. The second kappa shape index (κ2) is 8.22. The van der Waals surface area contributed by atoms with Gasteiger partial charge in [-0.15, -0.1) is 11.8 Å². The van der Waals surface area contributed by atoms with Crippen molar-refractivity contribution in [3.8, 4) is 11.5 Å². The molecule has 0 N–H and O–H groups in total. The van der Waals surface area contributed by atoms with Crippen molar-refractivity contribution in [3.63, 3.8) is 0 Å². The molecule has 27 heavy (non-hydrogen) atoms. The van der Waals surface area contributed by atoms with E-state index in [1.165, 1.54) is 11.8 Å². The summed E-state index contributed by atoms with van der Waals surface area (Å²) in [5, 5.41) is 6.06. The van der Waals surface area contributed by atoms with E-state index >= 15 is 0 Å². The Morgan fingerprint density at radius 2 is 1.74 bits per heavy atom. The van der Waals surface area contributed by atoms with Crippen LogP contribution in [0.2, 0.25) is 0 Å². The summed E-state index contributed by atoms with van der Waals surface area (Å²) in [7, 11) is 0. The number of aromatic nitrogens is 1. The summed E-state index contributed by atoms with van der Waals surface area (Å²) in [6.45, 7) is 0.645. The fraction of sp³-hybridized carbons (Fsp3) is 0.190. The molecule has 0 atom stereocenters. The van der Waals surface area contributed by atoms with Crippen molar-refractivity contribution in [2.24, 2.45) is 5.10 Å². The van der Waals surface area contributed by atoms with Gasteiger partial charge in [0.15, 0.2) is 0 Å². The van der Waals surface area contributed by atoms with Gasteiger partial charge in [-0.05, 0) is 17.7 Å². The molecule has 1 aliphatic rings. The quantitative estimate of drug-likeness (QED) is 0.646. The van der Waals surface area contributed by atoms with E-state index in [4.69, 9.17) is 4.42 Å². The summed E-state index contributed by atoms with van der Waals surface area (Å²) in [5.74, 6) is 1.64. The lowest BCUT2D eigenvalue weighted by molar-refractivity contribution is -0.127. The number of nitrogens with zero attached hydrogens (tertiary/aromatic N) is 3. The average molecular weight is 377 g/mol. The number of hydrazone groups is 1. The highest BCUT2D eigenvalue weighted by Crippen LogP contribution is 2.21. The zero-order valence-electron chi connectivity index (χ0n) is 14.7. The Kier molecular flexibility index (Phi) is 5.34. The number of carbonyl (C=O) groups is 1. The third-order valence-electron chi connectivity index (χ3n) is 4.24. The molecular weight excluding hydrogens is 358 g/mol. The van der Waals surface area contributed by atoms with Gasteiger partial charge in [-0.2, -0.15) is 5.10 Å². The molecule has 0 bridgehead atoms. The topological polar surface area (TPSA) is 58.7 Å². The minimum Gasteiger partial charge on any atom is -0.444 e. The number of amides is 1. The first-order chi connectivity index (χ1) is 13.3. The van der Waals surface area contributed by atoms with Gasteiger partial charge in [-0.25, -0.2) is 9.99 Å². The van der Waals surface area contributed by atoms with Crippen molar-refractivity contribution in [2.75, 3.05) is 12.3 Å². The van der Waals surface area contributed by atoms with E-state index in [1.807, 2.05) is 60.7 Å². The van der Waals surface area contributed by atoms with E-state index in [2.05, 4.69) is 10.1 Å². The Morgan fingerprint density at radius 1 is 1.04 bits per heavy atom. The minimum atomic E-state index is 0.0257. The fourth-order valence-corrected chi connectivity index (χ4v) is 3.64. The molecule has 0 fully saturated rings. The van der Waals surface area contributed by atoms with Crippen molar-refractivity contribution in [3.05, 3.63) is 78.2 Å². The van der Waals surface area contributed by atoms with Crippen LogP contribution in [-0.4, -0.2) is 33.9 Å². The third kappa shape index (κ3) is 4.28. The van der Waals surface area contributed by atoms with Crippen LogP contribution in [-0.2, 0) is 10.5 Å². The summed E-state index contributed by atoms with van der Waals surface area (Å²) >= 11 is 1.52. The Morgan fingerprint density at radius 3 is 2.48 bits per heavy atom. The van der Waals surface area contributed by atoms with E-state index in [1.54, 1.807) is 11.3 Å². The van der Waals surface area contributed by atoms with Crippen LogP contribution >= 0.6 is 11.8 Å². The van der Waals surface area contributed by atoms with Gasteiger partial charge in [-0.1, -0.05) is 48.5 Å². The Balaban J connectivity index is 1.29. The SMILES string of the molecule is O=C(CSCc1coc(-c2ccccc2)n1)N1CCC(c2ccccc2)=N1. The molecule has 2 aromatic carbocycles. The number of hydrogen-bond acceptors (Lipinski definition) is 5. The molecule has 6 heteroatoms. The number of carbonyl (C=O) groups excluding carboxylic acids is 1. The molecule has 1 aromatic heterocycles. The Labute approximate surface area is 162 Å². The van der Waals surface area contributed by atoms with Crippen molar-refractivity contribution in [1.82, 2.24) is 9.99 Å². The monoisotopic (exact) mass is 377 g/mol. The molecule has 0 aliphatic carbocycles. The van der Waals surface area contributed by atoms with Gasteiger partial charge in [0, 0.05) is 17.7 Å². The first kappa shape index (κ1) is 17.5. The van der Waals surface area contributed by atoms with Crippen LogP contribution in [0.25, 0.3) is 11.5 Å². The third-order valence-corrected chi connectivity index (χ3v) is 5.20. The van der Waals surface area contributed by atoms with Crippen LogP contribution in [0.1, 0.15) is 17.7 Å². The first-order valence-corrected chi connectivity index (χ1v) is 9.96. The van der Waals surface area contributed by atoms with E-state index in [0.29, 0.717) is 23.9 Å². The number of rotatable bonds is 6. The van der Waals surface area contributed by atoms with E-state index < -0.39 is 0 Å². The zero-order chi connectivity index (χ0) is 18.5. The smallest absolute Gasteiger partial charge is 0.252 e. The summed E-state index contributed by atoms with van der Waals surface area (Å²) < 4.78 is 5.53. The summed E-state index contributed by atoms with van der Waals surface area (Å²) in [6.07, 6.45) is 2.45. The molecular formula is C21H19N3O2S. The van der Waals surface area contributed by atoms with Gasteiger partial charge in [0.1, 0.15) is 6.26 Å². The van der Waals surface area contributed by atoms with Crippen LogP contribution in [0, 0.1) is 0 Å². The predicted molar refractivity (Wildman–Crippen MR) is 107 cm³/mol. The average Bonchev–Trinajstić information content (AvgIpc) is 3.39. The highest BCUT2D eigenvalue weighted by atomic mass is 32.2. The zero-order valence-corrected chi connectivity index (χ0v) is 15.6. The van der Waals surface area contributed by atoms with Crippen molar-refractivity contribution >= 4 is 23.4 Å². The van der Waals surface area contributed by atoms with Crippen LogP contribution in [0.5, 0.6) is 0 Å². The standard InChI is InChI=1S/C21H19N3O2S/c25-20(24-12-11-19(23-24)16-7-3-1-4-8-16)15-27-14-18-13-26-21(22-18)17-9-5-2-6-10-17/h1-10,13H,11-12,14-15H2. The fourth-order valence-electron chi connectivity index (χ4n) is 2.87. The number of oxazole rings is 1. The number of hydrogen-bond donors (Lipinski definition) is 0. The minimum absolute atomic E-state index is 0.0257. The Hall–Kier alpha value is -2.86. The maximum atomic E-state index is 12.4. The lowest BCUT2D eigenvalue weighted by Gasteiger charge is -2.10. The highest BCUT2D eigenvalue weighted by molar-refractivity contribution is 7.99. The molecule has 1 amide bonds. The van der Waals surface area contributed by atoms with Crippen LogP contribution in [0.15, 0.2) is 76.4 Å². The second-order valence-electron chi connectivity index (χ2n) is 6.18. The maximum Gasteiger partial charge on any atom is 0.252 e. The highest BCUT2D eigenvalue weighted by Gasteiger charge is 2.21. The van der Waals surface area contributed by atoms with Crippen LogP contribution < -0.4 is 0 Å². The molecule has 0 saturated carbocycles. The van der Waals surface area contributed by atoms with Crippen LogP contribution in [0.3, 0.4) is 0 Å². The first-order valence-electron chi connectivity index (χ1n) is 8.80. The molecule has 1 aliphatic heterocycles.